The van der Waals surface area contributed by atoms with Crippen LogP contribution >= 0.6 is 34.7 Å². The molecule has 0 spiro atoms. The second-order valence-corrected chi connectivity index (χ2v) is 13.1. The Balaban J connectivity index is 1.42. The molecule has 3 N–H and O–H groups in total. The van der Waals surface area contributed by atoms with E-state index >= 15 is 0 Å². The average Bonchev–Trinajstić information content (AvgIpc) is 3.55. The quantitative estimate of drug-likeness (QED) is 0.316. The van der Waals surface area contributed by atoms with Gasteiger partial charge in [0.15, 0.2) is 10.1 Å². The minimum absolute atomic E-state index is 0.0602. The number of nitrogens with two attached hydrogens (primary N) is 1. The Hall–Kier alpha value is -3.79. The number of nitrogens with zero attached hydrogens (tertiary/aromatic N) is 4. The van der Waals surface area contributed by atoms with Crippen LogP contribution in [0.1, 0.15) is 44.1 Å². The Kier molecular flexibility index (Phi) is 7.87. The van der Waals surface area contributed by atoms with Crippen molar-refractivity contribution in [2.24, 2.45) is 11.1 Å². The summed E-state index contributed by atoms with van der Waals surface area (Å²) in [5, 5.41) is 22.4. The Labute approximate surface area is 250 Å². The van der Waals surface area contributed by atoms with E-state index < -0.39 is 5.92 Å². The van der Waals surface area contributed by atoms with Crippen LogP contribution in [0.25, 0.3) is 0 Å². The lowest BCUT2D eigenvalue weighted by Crippen LogP contribution is -2.42. The molecule has 0 fully saturated rings. The van der Waals surface area contributed by atoms with Crippen molar-refractivity contribution in [3.63, 3.8) is 0 Å². The summed E-state index contributed by atoms with van der Waals surface area (Å²) in [7, 11) is 1.52. The first-order chi connectivity index (χ1) is 19.5. The minimum atomic E-state index is -0.694. The predicted molar refractivity (Wildman–Crippen MR) is 158 cm³/mol. The summed E-state index contributed by atoms with van der Waals surface area (Å²) in [6.07, 6.45) is 0.874. The number of nitriles is 1. The summed E-state index contributed by atoms with van der Waals surface area (Å²) in [5.41, 5.74) is 8.24. The number of halogens is 1. The Morgan fingerprint density at radius 3 is 2.78 bits per heavy atom. The molecule has 41 heavy (non-hydrogen) atoms. The summed E-state index contributed by atoms with van der Waals surface area (Å²) in [6.45, 7) is 5.86. The molecule has 3 aromatic rings. The van der Waals surface area contributed by atoms with Crippen molar-refractivity contribution in [1.82, 2.24) is 10.2 Å². The summed E-state index contributed by atoms with van der Waals surface area (Å²) in [5.74, 6) is 0.935. The molecule has 0 saturated heterocycles. The number of ketones is 1. The third kappa shape index (κ3) is 5.70. The summed E-state index contributed by atoms with van der Waals surface area (Å²) in [4.78, 5) is 27.8. The molecule has 13 heteroatoms. The lowest BCUT2D eigenvalue weighted by molar-refractivity contribution is -0.118. The van der Waals surface area contributed by atoms with Gasteiger partial charge in [0.05, 0.1) is 35.4 Å². The minimum Gasteiger partial charge on any atom is -0.495 e. The molecule has 3 heterocycles. The van der Waals surface area contributed by atoms with Crippen LogP contribution in [0.2, 0.25) is 5.02 Å². The molecule has 1 amide bonds. The standard InChI is InChI=1S/C28H27ClN6O4S2/c1-14-5-7-21(39-14)23-16(12-30)25(31)35(18-10-28(2,3)11-19(36)24(18)23)26-33-34-27(41-26)40-13-22(37)32-15-6-8-20(38-4)17(29)9-15/h5-9,23H,10-11,13,31H2,1-4H3,(H,32,37). The van der Waals surface area contributed by atoms with Crippen molar-refractivity contribution in [3.8, 4) is 11.8 Å². The molecule has 2 aromatic heterocycles. The number of benzene rings is 1. The first-order valence-electron chi connectivity index (χ1n) is 12.6. The number of Topliss-reactive ketones (excluding diaryl/α,β-unsaturated/α-hetero) is 1. The molecule has 0 bridgehead atoms. The zero-order valence-corrected chi connectivity index (χ0v) is 25.2. The van der Waals surface area contributed by atoms with Crippen molar-refractivity contribution in [2.75, 3.05) is 23.1 Å². The van der Waals surface area contributed by atoms with Crippen LogP contribution in [0, 0.1) is 23.7 Å². The third-order valence-corrected chi connectivity index (χ3v) is 9.11. The number of hydrogen-bond acceptors (Lipinski definition) is 11. The van der Waals surface area contributed by atoms with Crippen molar-refractivity contribution < 1.29 is 18.7 Å². The smallest absolute Gasteiger partial charge is 0.234 e. The van der Waals surface area contributed by atoms with Crippen LogP contribution in [0.15, 0.2) is 61.8 Å². The molecule has 1 unspecified atom stereocenters. The van der Waals surface area contributed by atoms with E-state index in [4.69, 9.17) is 26.5 Å². The second-order valence-electron chi connectivity index (χ2n) is 10.5. The number of allylic oxidation sites excluding steroid dienone is 3. The van der Waals surface area contributed by atoms with Gasteiger partial charge >= 0.3 is 0 Å². The van der Waals surface area contributed by atoms with Crippen molar-refractivity contribution in [3.05, 3.63) is 69.5 Å². The number of amides is 1. The SMILES string of the molecule is COc1ccc(NC(=O)CSc2nnc(N3C(N)=C(C#N)C(c4ccc(C)o4)C4=C3CC(C)(C)CC4=O)s2)cc1Cl. The van der Waals surface area contributed by atoms with Crippen LogP contribution in [0.3, 0.4) is 0 Å². The molecular formula is C28H27ClN6O4S2. The maximum absolute atomic E-state index is 13.6. The van der Waals surface area contributed by atoms with Gasteiger partial charge in [-0.3, -0.25) is 14.5 Å². The molecule has 1 aliphatic heterocycles. The van der Waals surface area contributed by atoms with Gasteiger partial charge in [-0.2, -0.15) is 5.26 Å². The summed E-state index contributed by atoms with van der Waals surface area (Å²) >= 11 is 8.59. The number of methoxy groups -OCH3 is 1. The normalized spacial score (nSPS) is 18.3. The largest absolute Gasteiger partial charge is 0.495 e. The summed E-state index contributed by atoms with van der Waals surface area (Å²) < 4.78 is 11.6. The first kappa shape index (κ1) is 28.7. The molecule has 10 nitrogen and oxygen atoms in total. The van der Waals surface area contributed by atoms with E-state index in [1.165, 1.54) is 30.2 Å². The van der Waals surface area contributed by atoms with Gasteiger partial charge < -0.3 is 20.2 Å². The van der Waals surface area contributed by atoms with E-state index in [9.17, 15) is 14.9 Å². The highest BCUT2D eigenvalue weighted by atomic mass is 35.5. The van der Waals surface area contributed by atoms with E-state index in [0.29, 0.717) is 61.6 Å². The number of carbonyl (C=O) groups is 2. The number of aromatic nitrogens is 2. The number of furan rings is 1. The zero-order valence-electron chi connectivity index (χ0n) is 22.8. The van der Waals surface area contributed by atoms with Gasteiger partial charge in [-0.05, 0) is 49.1 Å². The number of carbonyl (C=O) groups excluding carboxylic acids is 2. The molecule has 1 aliphatic carbocycles. The molecule has 1 atom stereocenters. The van der Waals surface area contributed by atoms with Gasteiger partial charge in [0.2, 0.25) is 11.0 Å². The fourth-order valence-corrected chi connectivity index (χ4v) is 6.98. The predicted octanol–water partition coefficient (Wildman–Crippen LogP) is 5.77. The van der Waals surface area contributed by atoms with Crippen molar-refractivity contribution >= 4 is 57.2 Å². The molecule has 2 aliphatic rings. The monoisotopic (exact) mass is 610 g/mol. The van der Waals surface area contributed by atoms with Crippen LogP contribution in [-0.4, -0.2) is 34.8 Å². The summed E-state index contributed by atoms with van der Waals surface area (Å²) in [6, 6.07) is 10.8. The number of aryl methyl sites for hydroxylation is 1. The zero-order chi connectivity index (χ0) is 29.5. The van der Waals surface area contributed by atoms with E-state index in [0.717, 1.165) is 0 Å². The highest BCUT2D eigenvalue weighted by Gasteiger charge is 2.46. The van der Waals surface area contributed by atoms with Gasteiger partial charge in [0.25, 0.3) is 0 Å². The number of thioether (sulfide) groups is 1. The van der Waals surface area contributed by atoms with Crippen LogP contribution in [0.5, 0.6) is 5.75 Å². The highest BCUT2D eigenvalue weighted by Crippen LogP contribution is 2.51. The average molecular weight is 611 g/mol. The number of hydrogen-bond donors (Lipinski definition) is 2. The third-order valence-electron chi connectivity index (χ3n) is 6.78. The molecule has 1 aromatic carbocycles. The Morgan fingerprint density at radius 1 is 1.34 bits per heavy atom. The topological polar surface area (TPSA) is 147 Å². The van der Waals surface area contributed by atoms with E-state index in [-0.39, 0.29) is 34.3 Å². The van der Waals surface area contributed by atoms with Gasteiger partial charge in [0.1, 0.15) is 23.1 Å². The van der Waals surface area contributed by atoms with E-state index in [1.54, 1.807) is 35.2 Å². The molecule has 5 rings (SSSR count). The number of ether oxygens (including phenoxy) is 1. The molecule has 0 saturated carbocycles. The van der Waals surface area contributed by atoms with Crippen LogP contribution in [-0.2, 0) is 9.59 Å². The Morgan fingerprint density at radius 2 is 2.12 bits per heavy atom. The fourth-order valence-electron chi connectivity index (χ4n) is 5.04. The van der Waals surface area contributed by atoms with Crippen LogP contribution in [0.4, 0.5) is 10.8 Å². The van der Waals surface area contributed by atoms with Crippen LogP contribution < -0.4 is 20.7 Å². The van der Waals surface area contributed by atoms with E-state index in [1.807, 2.05) is 20.8 Å². The lowest BCUT2D eigenvalue weighted by Gasteiger charge is -2.42. The maximum atomic E-state index is 13.6. The lowest BCUT2D eigenvalue weighted by atomic mass is 9.69. The first-order valence-corrected chi connectivity index (χ1v) is 14.8. The maximum Gasteiger partial charge on any atom is 0.234 e. The Bertz CT molecular complexity index is 1650. The number of anilines is 2. The van der Waals surface area contributed by atoms with Gasteiger partial charge in [-0.15, -0.1) is 10.2 Å². The molecule has 0 radical (unpaired) electrons. The van der Waals surface area contributed by atoms with Gasteiger partial charge in [-0.25, -0.2) is 0 Å². The van der Waals surface area contributed by atoms with Gasteiger partial charge in [0, 0.05) is 23.4 Å². The van der Waals surface area contributed by atoms with Gasteiger partial charge in [-0.1, -0.05) is 48.5 Å². The van der Waals surface area contributed by atoms with Crippen molar-refractivity contribution in [1.29, 1.82) is 5.26 Å². The fraction of sp³-hybridized carbons (Fsp3) is 0.321. The molecular weight excluding hydrogens is 584 g/mol. The van der Waals surface area contributed by atoms with E-state index in [2.05, 4.69) is 21.6 Å². The number of rotatable bonds is 7. The van der Waals surface area contributed by atoms with Crippen molar-refractivity contribution in [2.45, 2.75) is 43.9 Å². The molecule has 212 valence electrons. The second kappa shape index (κ2) is 11.2. The highest BCUT2D eigenvalue weighted by molar-refractivity contribution is 8.01. The number of nitrogens with one attached hydrogen (secondary N) is 1.